The third-order valence-electron chi connectivity index (χ3n) is 2.18. The van der Waals surface area contributed by atoms with Gasteiger partial charge in [-0.1, -0.05) is 5.16 Å². The van der Waals surface area contributed by atoms with Crippen molar-refractivity contribution in [1.82, 2.24) is 15.5 Å². The Morgan fingerprint density at radius 2 is 2.50 bits per heavy atom. The average molecular weight is 196 g/mol. The minimum Gasteiger partial charge on any atom is -0.355 e. The Hall–Kier alpha value is -1.43. The summed E-state index contributed by atoms with van der Waals surface area (Å²) in [7, 11) is 0. The zero-order valence-corrected chi connectivity index (χ0v) is 7.69. The first kappa shape index (κ1) is 9.14. The molecular weight excluding hydrogens is 184 g/mol. The number of hydrogen-bond acceptors (Lipinski definition) is 5. The van der Waals surface area contributed by atoms with Gasteiger partial charge in [0.15, 0.2) is 5.82 Å². The van der Waals surface area contributed by atoms with E-state index in [0.29, 0.717) is 37.6 Å². The van der Waals surface area contributed by atoms with Crippen molar-refractivity contribution in [3.63, 3.8) is 0 Å². The monoisotopic (exact) mass is 196 g/mol. The molecular formula is C8H12N4O2. The molecule has 1 aliphatic rings. The molecule has 0 saturated carbocycles. The van der Waals surface area contributed by atoms with Gasteiger partial charge in [0.05, 0.1) is 5.92 Å². The first-order valence-corrected chi connectivity index (χ1v) is 4.59. The summed E-state index contributed by atoms with van der Waals surface area (Å²) >= 11 is 0. The van der Waals surface area contributed by atoms with E-state index in [-0.39, 0.29) is 11.8 Å². The number of nitrogens with one attached hydrogen (secondary N) is 1. The summed E-state index contributed by atoms with van der Waals surface area (Å²) in [5.74, 6) is 1.21. The topological polar surface area (TPSA) is 94.0 Å². The second-order valence-electron chi connectivity index (χ2n) is 3.29. The fourth-order valence-corrected chi connectivity index (χ4v) is 1.44. The van der Waals surface area contributed by atoms with E-state index < -0.39 is 0 Å². The van der Waals surface area contributed by atoms with Crippen LogP contribution in [0.3, 0.4) is 0 Å². The molecule has 1 atom stereocenters. The van der Waals surface area contributed by atoms with Crippen LogP contribution in [0.5, 0.6) is 0 Å². The summed E-state index contributed by atoms with van der Waals surface area (Å²) in [6.07, 6.45) is 1.04. The number of nitrogens with zero attached hydrogens (tertiary/aromatic N) is 2. The minimum atomic E-state index is 0.0292. The van der Waals surface area contributed by atoms with Crippen LogP contribution in [0.2, 0.25) is 0 Å². The lowest BCUT2D eigenvalue weighted by molar-refractivity contribution is -0.119. The van der Waals surface area contributed by atoms with E-state index in [4.69, 9.17) is 10.3 Å². The van der Waals surface area contributed by atoms with Gasteiger partial charge < -0.3 is 15.6 Å². The van der Waals surface area contributed by atoms with Gasteiger partial charge in [0.1, 0.15) is 0 Å². The van der Waals surface area contributed by atoms with Gasteiger partial charge in [-0.3, -0.25) is 4.79 Å². The molecule has 0 spiro atoms. The zero-order chi connectivity index (χ0) is 9.97. The predicted octanol–water partition coefficient (Wildman–Crippen LogP) is -0.826. The molecule has 14 heavy (non-hydrogen) atoms. The second-order valence-corrected chi connectivity index (χ2v) is 3.29. The summed E-state index contributed by atoms with van der Waals surface area (Å²) in [6, 6.07) is 0. The fraction of sp³-hybridized carbons (Fsp3) is 0.625. The first-order chi connectivity index (χ1) is 6.79. The summed E-state index contributed by atoms with van der Waals surface area (Å²) in [5.41, 5.74) is 5.36. The molecule has 0 radical (unpaired) electrons. The summed E-state index contributed by atoms with van der Waals surface area (Å²) in [6.45, 7) is 1.09. The van der Waals surface area contributed by atoms with Crippen molar-refractivity contribution in [2.45, 2.75) is 18.8 Å². The van der Waals surface area contributed by atoms with Gasteiger partial charge in [-0.15, -0.1) is 0 Å². The van der Waals surface area contributed by atoms with Crippen LogP contribution >= 0.6 is 0 Å². The van der Waals surface area contributed by atoms with Crippen LogP contribution in [0.25, 0.3) is 0 Å². The number of aromatic nitrogens is 2. The summed E-state index contributed by atoms with van der Waals surface area (Å²) < 4.78 is 5.04. The van der Waals surface area contributed by atoms with Crippen LogP contribution in [-0.2, 0) is 11.2 Å². The highest BCUT2D eigenvalue weighted by atomic mass is 16.5. The first-order valence-electron chi connectivity index (χ1n) is 4.59. The summed E-state index contributed by atoms with van der Waals surface area (Å²) in [4.78, 5) is 15.1. The van der Waals surface area contributed by atoms with E-state index in [1.807, 2.05) is 0 Å². The van der Waals surface area contributed by atoms with E-state index >= 15 is 0 Å². The Bertz CT molecular complexity index is 336. The lowest BCUT2D eigenvalue weighted by Crippen LogP contribution is -2.13. The predicted molar refractivity (Wildman–Crippen MR) is 47.4 cm³/mol. The molecule has 6 nitrogen and oxygen atoms in total. The van der Waals surface area contributed by atoms with Crippen molar-refractivity contribution in [3.8, 4) is 0 Å². The third-order valence-corrected chi connectivity index (χ3v) is 2.18. The van der Waals surface area contributed by atoms with Crippen molar-refractivity contribution in [3.05, 3.63) is 11.7 Å². The Morgan fingerprint density at radius 1 is 1.64 bits per heavy atom. The van der Waals surface area contributed by atoms with Crippen molar-refractivity contribution in [1.29, 1.82) is 0 Å². The van der Waals surface area contributed by atoms with E-state index in [9.17, 15) is 4.79 Å². The van der Waals surface area contributed by atoms with Gasteiger partial charge in [-0.25, -0.2) is 0 Å². The fourth-order valence-electron chi connectivity index (χ4n) is 1.44. The average Bonchev–Trinajstić information content (AvgIpc) is 2.74. The maximum absolute atomic E-state index is 10.9. The van der Waals surface area contributed by atoms with Crippen molar-refractivity contribution < 1.29 is 9.32 Å². The van der Waals surface area contributed by atoms with Crippen LogP contribution in [0.15, 0.2) is 4.52 Å². The molecule has 1 saturated heterocycles. The molecule has 1 aromatic rings. The van der Waals surface area contributed by atoms with E-state index in [0.717, 1.165) is 0 Å². The van der Waals surface area contributed by atoms with E-state index in [1.54, 1.807) is 0 Å². The highest BCUT2D eigenvalue weighted by molar-refractivity contribution is 5.79. The number of nitrogens with two attached hydrogens (primary N) is 1. The Morgan fingerprint density at radius 3 is 3.14 bits per heavy atom. The van der Waals surface area contributed by atoms with Crippen molar-refractivity contribution >= 4 is 5.91 Å². The molecule has 1 aromatic heterocycles. The molecule has 76 valence electrons. The largest absolute Gasteiger partial charge is 0.355 e. The van der Waals surface area contributed by atoms with Crippen LogP contribution in [0, 0.1) is 0 Å². The smallest absolute Gasteiger partial charge is 0.232 e. The third kappa shape index (κ3) is 1.74. The molecule has 1 unspecified atom stereocenters. The molecule has 2 heterocycles. The lowest BCUT2D eigenvalue weighted by Gasteiger charge is -1.96. The van der Waals surface area contributed by atoms with Gasteiger partial charge in [0.2, 0.25) is 11.8 Å². The number of amides is 1. The van der Waals surface area contributed by atoms with Crippen LogP contribution in [-0.4, -0.2) is 29.1 Å². The molecule has 0 aromatic carbocycles. The maximum atomic E-state index is 10.9. The molecule has 0 aliphatic carbocycles. The zero-order valence-electron chi connectivity index (χ0n) is 7.69. The summed E-state index contributed by atoms with van der Waals surface area (Å²) in [5, 5.41) is 6.49. The van der Waals surface area contributed by atoms with Crippen LogP contribution in [0.4, 0.5) is 0 Å². The van der Waals surface area contributed by atoms with E-state index in [2.05, 4.69) is 15.5 Å². The molecule has 2 rings (SSSR count). The van der Waals surface area contributed by atoms with Gasteiger partial charge in [-0.2, -0.15) is 4.98 Å². The quantitative estimate of drug-likeness (QED) is 0.658. The Kier molecular flexibility index (Phi) is 2.45. The van der Waals surface area contributed by atoms with Crippen molar-refractivity contribution in [2.24, 2.45) is 5.73 Å². The lowest BCUT2D eigenvalue weighted by atomic mass is 10.1. The molecule has 1 amide bonds. The van der Waals surface area contributed by atoms with Crippen LogP contribution < -0.4 is 11.1 Å². The molecule has 3 N–H and O–H groups in total. The minimum absolute atomic E-state index is 0.0292. The number of carbonyl (C=O) groups is 1. The van der Waals surface area contributed by atoms with Crippen LogP contribution in [0.1, 0.15) is 24.1 Å². The maximum Gasteiger partial charge on any atom is 0.232 e. The van der Waals surface area contributed by atoms with Gasteiger partial charge >= 0.3 is 0 Å². The number of hydrogen-bond donors (Lipinski definition) is 2. The number of carbonyl (C=O) groups excluding carboxylic acids is 1. The number of rotatable bonds is 3. The highest BCUT2D eigenvalue weighted by Gasteiger charge is 2.27. The Labute approximate surface area is 80.9 Å². The SMILES string of the molecule is NCCc1noc(C2CNC(=O)C2)n1. The van der Waals surface area contributed by atoms with Gasteiger partial charge in [0, 0.05) is 19.4 Å². The second kappa shape index (κ2) is 3.75. The van der Waals surface area contributed by atoms with Crippen molar-refractivity contribution in [2.75, 3.05) is 13.1 Å². The molecule has 1 aliphatic heterocycles. The molecule has 0 bridgehead atoms. The Balaban J connectivity index is 2.05. The molecule has 1 fully saturated rings. The standard InChI is InChI=1S/C8H12N4O2/c9-2-1-6-11-8(14-12-6)5-3-7(13)10-4-5/h5H,1-4,9H2,(H,10,13). The normalized spacial score (nSPS) is 21.2. The van der Waals surface area contributed by atoms with Gasteiger partial charge in [0.25, 0.3) is 0 Å². The van der Waals surface area contributed by atoms with E-state index in [1.165, 1.54) is 0 Å². The molecule has 6 heteroatoms. The highest BCUT2D eigenvalue weighted by Crippen LogP contribution is 2.20. The van der Waals surface area contributed by atoms with Gasteiger partial charge in [-0.05, 0) is 6.54 Å².